The summed E-state index contributed by atoms with van der Waals surface area (Å²) in [4.78, 5) is 22.6. The number of thiocarbonyl (C=S) groups is 1. The first-order valence-corrected chi connectivity index (χ1v) is 5.77. The van der Waals surface area contributed by atoms with E-state index < -0.39 is 16.9 Å². The lowest BCUT2D eigenvalue weighted by Gasteiger charge is -2.08. The molecule has 0 aliphatic carbocycles. The first-order valence-electron chi connectivity index (χ1n) is 5.36. The van der Waals surface area contributed by atoms with E-state index in [9.17, 15) is 14.0 Å². The molecule has 19 heavy (non-hydrogen) atoms. The highest BCUT2D eigenvalue weighted by Crippen LogP contribution is 2.13. The molecule has 0 spiro atoms. The molecule has 0 aliphatic heterocycles. The molecule has 0 saturated carbocycles. The number of H-pyrrole nitrogens is 1. The largest absolute Gasteiger partial charge is 0.389 e. The van der Waals surface area contributed by atoms with Gasteiger partial charge >= 0.3 is 0 Å². The van der Waals surface area contributed by atoms with Crippen LogP contribution in [0.25, 0.3) is 0 Å². The second-order valence-corrected chi connectivity index (χ2v) is 4.32. The maximum atomic E-state index is 14.1. The van der Waals surface area contributed by atoms with Crippen molar-refractivity contribution < 1.29 is 4.39 Å². The number of nitrogens with two attached hydrogens (primary N) is 1. The van der Waals surface area contributed by atoms with Gasteiger partial charge in [-0.15, -0.1) is 0 Å². The van der Waals surface area contributed by atoms with Gasteiger partial charge in [0.25, 0.3) is 11.1 Å². The maximum Gasteiger partial charge on any atom is 0.265 e. The number of aromatic amines is 1. The number of halogens is 1. The predicted octanol–water partition coefficient (Wildman–Crippen LogP) is 0.358. The van der Waals surface area contributed by atoms with E-state index in [1.807, 2.05) is 0 Å². The number of benzene rings is 1. The molecule has 1 aromatic heterocycles. The molecule has 0 saturated heterocycles. The van der Waals surface area contributed by atoms with Gasteiger partial charge in [-0.05, 0) is 6.07 Å². The summed E-state index contributed by atoms with van der Waals surface area (Å²) in [6.45, 7) is -0.100. The molecule has 0 amide bonds. The summed E-state index contributed by atoms with van der Waals surface area (Å²) in [5.41, 5.74) is 4.85. The Morgan fingerprint density at radius 1 is 1.32 bits per heavy atom. The summed E-state index contributed by atoms with van der Waals surface area (Å²) in [6, 6.07) is 6.76. The molecule has 0 fully saturated rings. The fraction of sp³-hybridized carbons (Fsp3) is 0.0833. The van der Waals surface area contributed by atoms with Crippen molar-refractivity contribution in [3.63, 3.8) is 0 Å². The third kappa shape index (κ3) is 2.76. The van der Waals surface area contributed by atoms with Crippen molar-refractivity contribution in [2.45, 2.75) is 6.54 Å². The van der Waals surface area contributed by atoms with Crippen molar-refractivity contribution in [1.29, 1.82) is 0 Å². The minimum atomic E-state index is -0.591. The summed E-state index contributed by atoms with van der Waals surface area (Å²) in [6.07, 6.45) is 0. The molecule has 0 bridgehead atoms. The lowest BCUT2D eigenvalue weighted by Crippen LogP contribution is -2.28. The van der Waals surface area contributed by atoms with Crippen LogP contribution in [0, 0.1) is 5.82 Å². The van der Waals surface area contributed by atoms with E-state index in [0.717, 1.165) is 16.8 Å². The average Bonchev–Trinajstić information content (AvgIpc) is 2.36. The minimum absolute atomic E-state index is 0.0618. The highest BCUT2D eigenvalue weighted by molar-refractivity contribution is 7.80. The van der Waals surface area contributed by atoms with Crippen LogP contribution in [0.1, 0.15) is 11.1 Å². The van der Waals surface area contributed by atoms with Gasteiger partial charge in [0.1, 0.15) is 10.8 Å². The van der Waals surface area contributed by atoms with Crippen LogP contribution in [0.3, 0.4) is 0 Å². The van der Waals surface area contributed by atoms with Crippen molar-refractivity contribution in [3.8, 4) is 0 Å². The average molecular weight is 279 g/mol. The highest BCUT2D eigenvalue weighted by atomic mass is 32.1. The van der Waals surface area contributed by atoms with E-state index in [-0.39, 0.29) is 22.7 Å². The Labute approximate surface area is 112 Å². The number of hydrogen-bond donors (Lipinski definition) is 2. The Kier molecular flexibility index (Phi) is 3.57. The normalized spacial score (nSPS) is 10.4. The van der Waals surface area contributed by atoms with Gasteiger partial charge in [-0.3, -0.25) is 14.7 Å². The molecule has 0 unspecified atom stereocenters. The maximum absolute atomic E-state index is 14.1. The van der Waals surface area contributed by atoms with Crippen LogP contribution in [-0.2, 0) is 6.54 Å². The summed E-state index contributed by atoms with van der Waals surface area (Å²) in [5.74, 6) is -0.591. The van der Waals surface area contributed by atoms with Gasteiger partial charge in [0, 0.05) is 23.3 Å². The fourth-order valence-electron chi connectivity index (χ4n) is 1.64. The molecule has 0 atom stereocenters. The van der Waals surface area contributed by atoms with Gasteiger partial charge in [0.05, 0.1) is 6.54 Å². The molecule has 98 valence electrons. The number of hydrogen-bond acceptors (Lipinski definition) is 3. The first kappa shape index (κ1) is 13.2. The van der Waals surface area contributed by atoms with Crippen molar-refractivity contribution in [1.82, 2.24) is 9.78 Å². The third-order valence-corrected chi connectivity index (χ3v) is 2.78. The molecular weight excluding hydrogens is 269 g/mol. The topological polar surface area (TPSA) is 80.9 Å². The van der Waals surface area contributed by atoms with E-state index in [1.54, 1.807) is 6.07 Å². The second kappa shape index (κ2) is 5.15. The Morgan fingerprint density at radius 2 is 2.05 bits per heavy atom. The van der Waals surface area contributed by atoms with Crippen LogP contribution in [-0.4, -0.2) is 14.8 Å². The predicted molar refractivity (Wildman–Crippen MR) is 72.7 cm³/mol. The number of nitrogens with one attached hydrogen (secondary N) is 1. The summed E-state index contributed by atoms with van der Waals surface area (Å²) in [7, 11) is 0. The Balaban J connectivity index is 2.47. The molecule has 1 heterocycles. The molecule has 2 rings (SSSR count). The van der Waals surface area contributed by atoms with Crippen LogP contribution in [0.5, 0.6) is 0 Å². The monoisotopic (exact) mass is 279 g/mol. The van der Waals surface area contributed by atoms with Crippen LogP contribution < -0.4 is 16.9 Å². The number of rotatable bonds is 3. The lowest BCUT2D eigenvalue weighted by atomic mass is 10.1. The van der Waals surface area contributed by atoms with Crippen molar-refractivity contribution in [3.05, 3.63) is 68.0 Å². The minimum Gasteiger partial charge on any atom is -0.389 e. The fourth-order valence-corrected chi connectivity index (χ4v) is 1.80. The molecule has 2 aromatic rings. The molecule has 3 N–H and O–H groups in total. The quantitative estimate of drug-likeness (QED) is 0.795. The number of aromatic nitrogens is 2. The van der Waals surface area contributed by atoms with Crippen LogP contribution in [0.4, 0.5) is 4.39 Å². The van der Waals surface area contributed by atoms with Gasteiger partial charge in [-0.25, -0.2) is 9.07 Å². The Morgan fingerprint density at radius 3 is 2.74 bits per heavy atom. The lowest BCUT2D eigenvalue weighted by molar-refractivity contribution is 0.567. The van der Waals surface area contributed by atoms with Crippen molar-refractivity contribution in [2.24, 2.45) is 5.73 Å². The van der Waals surface area contributed by atoms with E-state index in [0.29, 0.717) is 0 Å². The van der Waals surface area contributed by atoms with Gasteiger partial charge < -0.3 is 5.73 Å². The van der Waals surface area contributed by atoms with Crippen molar-refractivity contribution >= 4 is 17.2 Å². The summed E-state index contributed by atoms with van der Waals surface area (Å²) in [5, 5.41) is 2.32. The van der Waals surface area contributed by atoms with Crippen molar-refractivity contribution in [2.75, 3.05) is 0 Å². The molecule has 1 aromatic carbocycles. The van der Waals surface area contributed by atoms with E-state index in [1.165, 1.54) is 12.1 Å². The Hall–Kier alpha value is -2.28. The molecule has 0 aliphatic rings. The van der Waals surface area contributed by atoms with Gasteiger partial charge in [0.2, 0.25) is 0 Å². The molecular formula is C12H10FN3O2S. The van der Waals surface area contributed by atoms with E-state index >= 15 is 0 Å². The van der Waals surface area contributed by atoms with Gasteiger partial charge in [0.15, 0.2) is 0 Å². The smallest absolute Gasteiger partial charge is 0.265 e. The van der Waals surface area contributed by atoms with Crippen LogP contribution in [0.2, 0.25) is 0 Å². The third-order valence-electron chi connectivity index (χ3n) is 2.56. The SMILES string of the molecule is NC(=S)c1cccc(Cn2[nH]c(=O)ccc2=O)c1F. The molecule has 7 heteroatoms. The second-order valence-electron chi connectivity index (χ2n) is 3.88. The highest BCUT2D eigenvalue weighted by Gasteiger charge is 2.11. The number of nitrogens with zero attached hydrogens (tertiary/aromatic N) is 1. The van der Waals surface area contributed by atoms with E-state index in [4.69, 9.17) is 18.0 Å². The van der Waals surface area contributed by atoms with Gasteiger partial charge in [-0.2, -0.15) is 0 Å². The molecule has 0 radical (unpaired) electrons. The zero-order valence-corrected chi connectivity index (χ0v) is 10.5. The van der Waals surface area contributed by atoms with Gasteiger partial charge in [-0.1, -0.05) is 24.4 Å². The zero-order chi connectivity index (χ0) is 14.0. The van der Waals surface area contributed by atoms with Crippen LogP contribution in [0.15, 0.2) is 39.9 Å². The standard InChI is InChI=1S/C12H10FN3O2S/c13-11-7(2-1-3-8(11)12(14)19)6-16-10(18)5-4-9(17)15-16/h1-5H,6H2,(H2,14,19)(H,15,17). The Bertz CT molecular complexity index is 751. The summed E-state index contributed by atoms with van der Waals surface area (Å²) < 4.78 is 15.1. The van der Waals surface area contributed by atoms with Crippen LogP contribution >= 0.6 is 12.2 Å². The first-order chi connectivity index (χ1) is 8.99. The zero-order valence-electron chi connectivity index (χ0n) is 9.72. The summed E-state index contributed by atoms with van der Waals surface area (Å²) >= 11 is 4.73. The van der Waals surface area contributed by atoms with E-state index in [2.05, 4.69) is 5.10 Å². The molecule has 5 nitrogen and oxygen atoms in total.